The van der Waals surface area contributed by atoms with E-state index in [2.05, 4.69) is 0 Å². The van der Waals surface area contributed by atoms with E-state index < -0.39 is 22.0 Å². The number of hydrogen-bond donors (Lipinski definition) is 2. The van der Waals surface area contributed by atoms with Crippen molar-refractivity contribution in [3.8, 4) is 0 Å². The fourth-order valence-electron chi connectivity index (χ4n) is 3.56. The van der Waals surface area contributed by atoms with E-state index in [0.29, 0.717) is 22.6 Å². The van der Waals surface area contributed by atoms with E-state index in [-0.39, 0.29) is 28.8 Å². The van der Waals surface area contributed by atoms with Gasteiger partial charge in [0.15, 0.2) is 0 Å². The van der Waals surface area contributed by atoms with Crippen LogP contribution in [0, 0.1) is 0 Å². The molecule has 0 aliphatic heterocycles. The lowest BCUT2D eigenvalue weighted by Gasteiger charge is -2.23. The van der Waals surface area contributed by atoms with Crippen LogP contribution in [0.5, 0.6) is 0 Å². The first-order chi connectivity index (χ1) is 17.0. The van der Waals surface area contributed by atoms with Crippen LogP contribution in [0.2, 0.25) is 5.02 Å². The molecule has 1 atom stereocenters. The summed E-state index contributed by atoms with van der Waals surface area (Å²) in [5.41, 5.74) is 1.64. The summed E-state index contributed by atoms with van der Waals surface area (Å²) in [5.74, 6) is -0.223. The molecule has 0 fully saturated rings. The Morgan fingerprint density at radius 3 is 2.06 bits per heavy atom. The average molecular weight is 531 g/mol. The van der Waals surface area contributed by atoms with Gasteiger partial charge in [0.1, 0.15) is 0 Å². The van der Waals surface area contributed by atoms with Crippen LogP contribution in [0.4, 0.5) is 4.79 Å². The molecule has 3 rings (SSSR count). The standard InChI is InChI=1S/C26H27ClN2O6S/c1-28(2)25(31)19-8-12-23(13-9-19)36(34,35)22-10-6-18(7-11-22)14-15-29(26(32)33)17-24(30)20-4-3-5-21(27)16-20/h3-13,16,24,30H,14-15,17H2,1-2H3,(H,32,33)/t24-/m1/s1. The van der Waals surface area contributed by atoms with Gasteiger partial charge in [0.25, 0.3) is 5.91 Å². The Morgan fingerprint density at radius 1 is 0.944 bits per heavy atom. The third-order valence-electron chi connectivity index (χ3n) is 5.62. The molecule has 0 radical (unpaired) electrons. The summed E-state index contributed by atoms with van der Waals surface area (Å²) >= 11 is 5.94. The summed E-state index contributed by atoms with van der Waals surface area (Å²) in [7, 11) is -0.553. The summed E-state index contributed by atoms with van der Waals surface area (Å²) in [6.07, 6.45) is -1.88. The minimum absolute atomic E-state index is 0.0672. The van der Waals surface area contributed by atoms with Gasteiger partial charge in [-0.2, -0.15) is 0 Å². The highest BCUT2D eigenvalue weighted by Gasteiger charge is 2.20. The van der Waals surface area contributed by atoms with Crippen LogP contribution in [0.3, 0.4) is 0 Å². The predicted molar refractivity (Wildman–Crippen MR) is 136 cm³/mol. The molecule has 10 heteroatoms. The molecule has 0 aliphatic carbocycles. The first-order valence-electron chi connectivity index (χ1n) is 11.1. The zero-order valence-electron chi connectivity index (χ0n) is 19.8. The van der Waals surface area contributed by atoms with Crippen molar-refractivity contribution in [2.75, 3.05) is 27.2 Å². The van der Waals surface area contributed by atoms with Crippen molar-refractivity contribution >= 4 is 33.4 Å². The van der Waals surface area contributed by atoms with Gasteiger partial charge in [-0.3, -0.25) is 4.79 Å². The van der Waals surface area contributed by atoms with E-state index in [1.54, 1.807) is 50.5 Å². The molecule has 0 bridgehead atoms. The number of amides is 2. The number of aliphatic hydroxyl groups excluding tert-OH is 1. The molecule has 3 aromatic carbocycles. The molecule has 0 saturated carbocycles. The van der Waals surface area contributed by atoms with E-state index in [4.69, 9.17) is 11.6 Å². The lowest BCUT2D eigenvalue weighted by molar-refractivity contribution is 0.0827. The van der Waals surface area contributed by atoms with Crippen molar-refractivity contribution in [1.29, 1.82) is 0 Å². The van der Waals surface area contributed by atoms with E-state index in [1.807, 2.05) is 0 Å². The molecule has 0 unspecified atom stereocenters. The van der Waals surface area contributed by atoms with E-state index >= 15 is 0 Å². The van der Waals surface area contributed by atoms with Crippen molar-refractivity contribution in [2.45, 2.75) is 22.3 Å². The Hall–Kier alpha value is -3.40. The zero-order chi connectivity index (χ0) is 26.5. The number of benzene rings is 3. The van der Waals surface area contributed by atoms with Gasteiger partial charge in [0.2, 0.25) is 9.84 Å². The molecule has 2 amide bonds. The Balaban J connectivity index is 1.66. The third kappa shape index (κ3) is 6.63. The van der Waals surface area contributed by atoms with Gasteiger partial charge in [0, 0.05) is 31.2 Å². The van der Waals surface area contributed by atoms with Crippen LogP contribution < -0.4 is 0 Å². The number of carbonyl (C=O) groups is 2. The maximum absolute atomic E-state index is 13.0. The zero-order valence-corrected chi connectivity index (χ0v) is 21.4. The van der Waals surface area contributed by atoms with Gasteiger partial charge in [-0.15, -0.1) is 0 Å². The quantitative estimate of drug-likeness (QED) is 0.430. The molecule has 8 nitrogen and oxygen atoms in total. The fraction of sp³-hybridized carbons (Fsp3) is 0.231. The summed E-state index contributed by atoms with van der Waals surface area (Å²) in [5, 5.41) is 20.4. The lowest BCUT2D eigenvalue weighted by atomic mass is 10.1. The minimum atomic E-state index is -3.79. The Labute approximate surface area is 215 Å². The largest absolute Gasteiger partial charge is 0.465 e. The van der Waals surface area contributed by atoms with Gasteiger partial charge in [-0.25, -0.2) is 13.2 Å². The first kappa shape index (κ1) is 27.2. The van der Waals surface area contributed by atoms with E-state index in [0.717, 1.165) is 10.5 Å². The first-order valence-corrected chi connectivity index (χ1v) is 12.9. The molecule has 0 saturated heterocycles. The molecule has 3 aromatic rings. The third-order valence-corrected chi connectivity index (χ3v) is 7.64. The second kappa shape index (κ2) is 11.6. The van der Waals surface area contributed by atoms with Gasteiger partial charge in [0.05, 0.1) is 22.4 Å². The van der Waals surface area contributed by atoms with E-state index in [9.17, 15) is 28.2 Å². The van der Waals surface area contributed by atoms with Crippen LogP contribution >= 0.6 is 11.6 Å². The molecule has 36 heavy (non-hydrogen) atoms. The Morgan fingerprint density at radius 2 is 1.53 bits per heavy atom. The van der Waals surface area contributed by atoms with Crippen molar-refractivity contribution in [3.63, 3.8) is 0 Å². The SMILES string of the molecule is CN(C)C(=O)c1ccc(S(=O)(=O)c2ccc(CCN(C[C@@H](O)c3cccc(Cl)c3)C(=O)O)cc2)cc1. The van der Waals surface area contributed by atoms with Crippen LogP contribution in [0.25, 0.3) is 0 Å². The summed E-state index contributed by atoms with van der Waals surface area (Å²) in [6, 6.07) is 18.5. The number of carbonyl (C=O) groups excluding carboxylic acids is 1. The van der Waals surface area contributed by atoms with Gasteiger partial charge in [-0.05, 0) is 66.1 Å². The summed E-state index contributed by atoms with van der Waals surface area (Å²) in [6.45, 7) is -0.0190. The molecule has 0 aromatic heterocycles. The Bertz CT molecular complexity index is 1330. The predicted octanol–water partition coefficient (Wildman–Crippen LogP) is 4.13. The maximum Gasteiger partial charge on any atom is 0.407 e. The number of halogens is 1. The summed E-state index contributed by atoms with van der Waals surface area (Å²) in [4.78, 5) is 26.4. The number of hydrogen-bond acceptors (Lipinski definition) is 5. The van der Waals surface area contributed by atoms with Crippen LogP contribution in [-0.2, 0) is 16.3 Å². The molecule has 0 spiro atoms. The maximum atomic E-state index is 13.0. The average Bonchev–Trinajstić information content (AvgIpc) is 2.86. The van der Waals surface area contributed by atoms with Crippen molar-refractivity contribution in [3.05, 3.63) is 94.5 Å². The highest BCUT2D eigenvalue weighted by molar-refractivity contribution is 7.91. The van der Waals surface area contributed by atoms with Crippen molar-refractivity contribution in [2.24, 2.45) is 0 Å². The summed E-state index contributed by atoms with van der Waals surface area (Å²) < 4.78 is 26.0. The number of nitrogens with zero attached hydrogens (tertiary/aromatic N) is 2. The second-order valence-electron chi connectivity index (χ2n) is 8.42. The van der Waals surface area contributed by atoms with E-state index in [1.165, 1.54) is 41.3 Å². The molecular weight excluding hydrogens is 504 g/mol. The minimum Gasteiger partial charge on any atom is -0.465 e. The number of sulfone groups is 1. The van der Waals surface area contributed by atoms with Gasteiger partial charge in [-0.1, -0.05) is 35.9 Å². The van der Waals surface area contributed by atoms with Crippen LogP contribution in [0.15, 0.2) is 82.6 Å². The number of carboxylic acid groups (broad SMARTS) is 1. The molecular formula is C26H27ClN2O6S. The topological polar surface area (TPSA) is 115 Å². The van der Waals surface area contributed by atoms with Gasteiger partial charge < -0.3 is 20.0 Å². The normalized spacial score (nSPS) is 12.1. The smallest absolute Gasteiger partial charge is 0.407 e. The Kier molecular flexibility index (Phi) is 8.73. The highest BCUT2D eigenvalue weighted by atomic mass is 35.5. The fourth-order valence-corrected chi connectivity index (χ4v) is 5.02. The molecule has 2 N–H and O–H groups in total. The molecule has 190 valence electrons. The van der Waals surface area contributed by atoms with Gasteiger partial charge >= 0.3 is 6.09 Å². The van der Waals surface area contributed by atoms with Crippen molar-refractivity contribution < 1.29 is 28.2 Å². The molecule has 0 heterocycles. The number of rotatable bonds is 9. The van der Waals surface area contributed by atoms with Crippen molar-refractivity contribution in [1.82, 2.24) is 9.80 Å². The highest BCUT2D eigenvalue weighted by Crippen LogP contribution is 2.23. The number of aliphatic hydroxyl groups is 1. The van der Waals surface area contributed by atoms with Crippen LogP contribution in [0.1, 0.15) is 27.6 Å². The lowest BCUT2D eigenvalue weighted by Crippen LogP contribution is -2.35. The van der Waals surface area contributed by atoms with Crippen LogP contribution in [-0.4, -0.2) is 67.6 Å². The monoisotopic (exact) mass is 530 g/mol. The second-order valence-corrected chi connectivity index (χ2v) is 10.8. The molecule has 0 aliphatic rings.